The van der Waals surface area contributed by atoms with E-state index in [-0.39, 0.29) is 55.0 Å². The molecule has 0 bridgehead atoms. The number of fused-ring (bicyclic) bond motifs is 1. The van der Waals surface area contributed by atoms with Gasteiger partial charge in [0.15, 0.2) is 5.78 Å². The lowest BCUT2D eigenvalue weighted by molar-refractivity contribution is -0.162. The van der Waals surface area contributed by atoms with E-state index in [2.05, 4.69) is 5.32 Å². The molecule has 178 valence electrons. The predicted octanol–water partition coefficient (Wildman–Crippen LogP) is 3.62. The number of aldehydes is 1. The molecule has 0 aromatic carbocycles. The molecule has 4 unspecified atom stereocenters. The summed E-state index contributed by atoms with van der Waals surface area (Å²) < 4.78 is 5.21. The van der Waals surface area contributed by atoms with Crippen molar-refractivity contribution in [2.75, 3.05) is 0 Å². The summed E-state index contributed by atoms with van der Waals surface area (Å²) in [5, 5.41) is 13.8. The summed E-state index contributed by atoms with van der Waals surface area (Å²) in [4.78, 5) is 48.8. The van der Waals surface area contributed by atoms with Gasteiger partial charge in [0.05, 0.1) is 12.8 Å². The molecule has 2 fully saturated rings. The van der Waals surface area contributed by atoms with Gasteiger partial charge in [0.25, 0.3) is 0 Å². The van der Waals surface area contributed by atoms with Gasteiger partial charge in [-0.2, -0.15) is 0 Å². The van der Waals surface area contributed by atoms with Gasteiger partial charge >= 0.3 is 0 Å². The Bertz CT molecular complexity index is 799. The van der Waals surface area contributed by atoms with Crippen LogP contribution in [0.25, 0.3) is 0 Å². The molecule has 7 nitrogen and oxygen atoms in total. The van der Waals surface area contributed by atoms with Gasteiger partial charge in [0.1, 0.15) is 23.4 Å². The lowest BCUT2D eigenvalue weighted by atomic mass is 9.55. The molecule has 0 radical (unpaired) electrons. The predicted molar refractivity (Wildman–Crippen MR) is 120 cm³/mol. The van der Waals surface area contributed by atoms with Crippen molar-refractivity contribution in [2.24, 2.45) is 23.2 Å². The molecule has 1 amide bonds. The highest BCUT2D eigenvalue weighted by Gasteiger charge is 2.60. The number of aliphatic hydroxyl groups is 1. The monoisotopic (exact) mass is 447 g/mol. The highest BCUT2D eigenvalue weighted by Crippen LogP contribution is 2.54. The number of Topliss-reactive ketones (excluding diaryl/α,β-unsaturated/α-hetero) is 2. The molecular weight excluding hydrogens is 410 g/mol. The van der Waals surface area contributed by atoms with E-state index in [4.69, 9.17) is 4.42 Å². The molecule has 2 aliphatic rings. The third kappa shape index (κ3) is 5.55. The molecule has 4 atom stereocenters. The van der Waals surface area contributed by atoms with Gasteiger partial charge in [-0.1, -0.05) is 27.7 Å². The highest BCUT2D eigenvalue weighted by molar-refractivity contribution is 5.97. The molecule has 1 aromatic heterocycles. The fourth-order valence-corrected chi connectivity index (χ4v) is 5.52. The minimum absolute atomic E-state index is 0.125. The maximum absolute atomic E-state index is 13.1. The molecule has 0 spiro atoms. The minimum atomic E-state index is -1.59. The van der Waals surface area contributed by atoms with Crippen LogP contribution in [0, 0.1) is 23.2 Å². The Morgan fingerprint density at radius 3 is 2.69 bits per heavy atom. The van der Waals surface area contributed by atoms with Gasteiger partial charge in [-0.05, 0) is 48.6 Å². The Morgan fingerprint density at radius 2 is 2.06 bits per heavy atom. The van der Waals surface area contributed by atoms with E-state index >= 15 is 0 Å². The Morgan fingerprint density at radius 1 is 1.34 bits per heavy atom. The van der Waals surface area contributed by atoms with Gasteiger partial charge in [-0.15, -0.1) is 0 Å². The standard InChI is InChI=1S/C23H31NO6.C2H6/c1-22(2,10-9-20(28)24-14-15-5-4-12-30-15)21-16(6-3-11-25)17-7-8-19(27)23(17,29)13-18(21)26;1-2/h4-5,11-12,16-17,21,29H,3,6-10,13-14H2,1-2H3,(H,24,28);1-2H3. The van der Waals surface area contributed by atoms with E-state index in [1.54, 1.807) is 18.4 Å². The summed E-state index contributed by atoms with van der Waals surface area (Å²) >= 11 is 0. The van der Waals surface area contributed by atoms with Gasteiger partial charge in [0.2, 0.25) is 5.91 Å². The quantitative estimate of drug-likeness (QED) is 0.559. The SMILES string of the molecule is CC.CC(C)(CCC(=O)NCc1ccco1)C1C(=O)CC2(O)C(=O)CCC2C1CCC=O. The summed E-state index contributed by atoms with van der Waals surface area (Å²) in [6, 6.07) is 3.54. The van der Waals surface area contributed by atoms with Crippen molar-refractivity contribution < 1.29 is 28.7 Å². The van der Waals surface area contributed by atoms with Crippen LogP contribution in [0.2, 0.25) is 0 Å². The third-order valence-corrected chi connectivity index (χ3v) is 7.01. The highest BCUT2D eigenvalue weighted by atomic mass is 16.3. The largest absolute Gasteiger partial charge is 0.467 e. The first kappa shape index (κ1) is 26.0. The number of hydrogen-bond donors (Lipinski definition) is 2. The molecule has 2 aliphatic carbocycles. The topological polar surface area (TPSA) is 114 Å². The maximum atomic E-state index is 13.1. The van der Waals surface area contributed by atoms with Crippen LogP contribution in [0.5, 0.6) is 0 Å². The van der Waals surface area contributed by atoms with Crippen molar-refractivity contribution >= 4 is 23.8 Å². The number of hydrogen-bond acceptors (Lipinski definition) is 6. The number of ketones is 2. The zero-order chi connectivity index (χ0) is 23.9. The summed E-state index contributed by atoms with van der Waals surface area (Å²) in [7, 11) is 0. The van der Waals surface area contributed by atoms with Crippen LogP contribution in [0.1, 0.15) is 78.4 Å². The van der Waals surface area contributed by atoms with Crippen LogP contribution < -0.4 is 5.32 Å². The Kier molecular flexibility index (Phi) is 8.96. The van der Waals surface area contributed by atoms with Crippen LogP contribution >= 0.6 is 0 Å². The second-order valence-corrected chi connectivity index (χ2v) is 9.37. The van der Waals surface area contributed by atoms with E-state index in [9.17, 15) is 24.3 Å². The molecule has 7 heteroatoms. The molecule has 0 saturated heterocycles. The van der Waals surface area contributed by atoms with E-state index in [1.165, 1.54) is 0 Å². The van der Waals surface area contributed by atoms with Crippen molar-refractivity contribution in [1.29, 1.82) is 0 Å². The lowest BCUT2D eigenvalue weighted by Gasteiger charge is -2.49. The fraction of sp³-hybridized carbons (Fsp3) is 0.680. The first-order valence-corrected chi connectivity index (χ1v) is 11.7. The second-order valence-electron chi connectivity index (χ2n) is 9.37. The first-order chi connectivity index (χ1) is 15.2. The average molecular weight is 448 g/mol. The van der Waals surface area contributed by atoms with Gasteiger partial charge in [-0.25, -0.2) is 0 Å². The smallest absolute Gasteiger partial charge is 0.220 e. The molecule has 2 N–H and O–H groups in total. The Balaban J connectivity index is 0.00000176. The number of nitrogens with one attached hydrogen (secondary N) is 1. The van der Waals surface area contributed by atoms with Crippen LogP contribution in [0.4, 0.5) is 0 Å². The van der Waals surface area contributed by atoms with E-state index in [1.807, 2.05) is 27.7 Å². The van der Waals surface area contributed by atoms with E-state index in [0.29, 0.717) is 31.6 Å². The van der Waals surface area contributed by atoms with Crippen LogP contribution in [0.15, 0.2) is 22.8 Å². The molecule has 1 aromatic rings. The van der Waals surface area contributed by atoms with E-state index < -0.39 is 16.9 Å². The summed E-state index contributed by atoms with van der Waals surface area (Å²) in [5.41, 5.74) is -2.09. The Hall–Kier alpha value is -2.28. The molecule has 1 heterocycles. The number of furan rings is 1. The summed E-state index contributed by atoms with van der Waals surface area (Å²) in [5.74, 6) is -0.796. The van der Waals surface area contributed by atoms with Crippen molar-refractivity contribution in [1.82, 2.24) is 5.32 Å². The third-order valence-electron chi connectivity index (χ3n) is 7.01. The van der Waals surface area contributed by atoms with Crippen molar-refractivity contribution in [2.45, 2.75) is 84.8 Å². The Labute approximate surface area is 190 Å². The van der Waals surface area contributed by atoms with Crippen LogP contribution in [-0.4, -0.2) is 34.5 Å². The van der Waals surface area contributed by atoms with Gasteiger partial charge < -0.3 is 19.6 Å². The number of carbonyl (C=O) groups excluding carboxylic acids is 4. The molecule has 0 aliphatic heterocycles. The summed E-state index contributed by atoms with van der Waals surface area (Å²) in [6.07, 6.45) is 4.53. The maximum Gasteiger partial charge on any atom is 0.220 e. The second kappa shape index (κ2) is 11.0. The zero-order valence-corrected chi connectivity index (χ0v) is 19.7. The number of rotatable bonds is 9. The fourth-order valence-electron chi connectivity index (χ4n) is 5.52. The molecule has 32 heavy (non-hydrogen) atoms. The molecule has 3 rings (SSSR count). The summed E-state index contributed by atoms with van der Waals surface area (Å²) in [6.45, 7) is 8.24. The molecular formula is C25H37NO6. The van der Waals surface area contributed by atoms with Crippen LogP contribution in [-0.2, 0) is 25.7 Å². The average Bonchev–Trinajstić information content (AvgIpc) is 3.38. The minimum Gasteiger partial charge on any atom is -0.467 e. The van der Waals surface area contributed by atoms with Gasteiger partial charge in [0, 0.05) is 31.6 Å². The first-order valence-electron chi connectivity index (χ1n) is 11.7. The number of amides is 1. The van der Waals surface area contributed by atoms with E-state index in [0.717, 1.165) is 6.29 Å². The number of carbonyl (C=O) groups is 4. The van der Waals surface area contributed by atoms with Crippen molar-refractivity contribution in [3.63, 3.8) is 0 Å². The van der Waals surface area contributed by atoms with Crippen LogP contribution in [0.3, 0.4) is 0 Å². The molecule has 2 saturated carbocycles. The normalized spacial score (nSPS) is 27.3. The van der Waals surface area contributed by atoms with Crippen molar-refractivity contribution in [3.05, 3.63) is 24.2 Å². The lowest BCUT2D eigenvalue weighted by Crippen LogP contribution is -2.56. The zero-order valence-electron chi connectivity index (χ0n) is 19.7. The van der Waals surface area contributed by atoms with Crippen molar-refractivity contribution in [3.8, 4) is 0 Å². The van der Waals surface area contributed by atoms with Gasteiger partial charge in [-0.3, -0.25) is 14.4 Å².